The van der Waals surface area contributed by atoms with Gasteiger partial charge in [0.1, 0.15) is 6.10 Å². The summed E-state index contributed by atoms with van der Waals surface area (Å²) >= 11 is 0. The van der Waals surface area contributed by atoms with Gasteiger partial charge in [0, 0.05) is 24.9 Å². The molecule has 1 fully saturated rings. The fourth-order valence-electron chi connectivity index (χ4n) is 1.68. The molecule has 0 saturated heterocycles. The van der Waals surface area contributed by atoms with Gasteiger partial charge in [-0.25, -0.2) is 0 Å². The minimum atomic E-state index is -0.218. The van der Waals surface area contributed by atoms with Crippen LogP contribution in [0.3, 0.4) is 0 Å². The Morgan fingerprint density at radius 3 is 2.57 bits per heavy atom. The van der Waals surface area contributed by atoms with Crippen LogP contribution < -0.4 is 17.2 Å². The molecule has 1 rings (SSSR count). The van der Waals surface area contributed by atoms with E-state index in [9.17, 15) is 4.79 Å². The Labute approximate surface area is 83.9 Å². The lowest BCUT2D eigenvalue weighted by Crippen LogP contribution is -2.33. The highest BCUT2D eigenvalue weighted by atomic mass is 16.5. The molecule has 0 unspecified atom stereocenters. The number of esters is 1. The summed E-state index contributed by atoms with van der Waals surface area (Å²) in [6.07, 6.45) is 2.24. The Hall–Kier alpha value is -0.650. The lowest BCUT2D eigenvalue weighted by atomic mass is 10.2. The fraction of sp³-hybridized carbons (Fsp3) is 0.889. The first-order valence-electron chi connectivity index (χ1n) is 5.04. The van der Waals surface area contributed by atoms with Gasteiger partial charge in [-0.05, 0) is 19.4 Å². The molecule has 1 aliphatic rings. The summed E-state index contributed by atoms with van der Waals surface area (Å²) in [6.45, 7) is 0.505. The predicted molar refractivity (Wildman–Crippen MR) is 53.4 cm³/mol. The van der Waals surface area contributed by atoms with Gasteiger partial charge in [-0.1, -0.05) is 0 Å². The molecule has 0 bridgehead atoms. The van der Waals surface area contributed by atoms with E-state index in [4.69, 9.17) is 21.9 Å². The summed E-state index contributed by atoms with van der Waals surface area (Å²) in [5.41, 5.74) is 16.7. The monoisotopic (exact) mass is 201 g/mol. The molecule has 14 heavy (non-hydrogen) atoms. The number of rotatable bonds is 4. The average Bonchev–Trinajstić information content (AvgIpc) is 2.42. The standard InChI is InChI=1S/C9H19N3O2/c10-3-1-2-9(13)14-8-5-6(11)4-7(8)12/h6-8H,1-5,10-12H2/t6-,7+,8+/m1/s1. The third kappa shape index (κ3) is 3.25. The second-order valence-electron chi connectivity index (χ2n) is 3.82. The smallest absolute Gasteiger partial charge is 0.306 e. The van der Waals surface area contributed by atoms with Gasteiger partial charge in [-0.3, -0.25) is 4.79 Å². The van der Waals surface area contributed by atoms with Crippen LogP contribution in [0.25, 0.3) is 0 Å². The van der Waals surface area contributed by atoms with Gasteiger partial charge in [0.2, 0.25) is 0 Å². The molecule has 3 atom stereocenters. The van der Waals surface area contributed by atoms with Crippen molar-refractivity contribution in [3.8, 4) is 0 Å². The van der Waals surface area contributed by atoms with Crippen molar-refractivity contribution in [1.82, 2.24) is 0 Å². The minimum Gasteiger partial charge on any atom is -0.461 e. The van der Waals surface area contributed by atoms with E-state index in [0.717, 1.165) is 6.42 Å². The normalized spacial score (nSPS) is 31.8. The van der Waals surface area contributed by atoms with E-state index in [1.54, 1.807) is 0 Å². The first-order valence-corrected chi connectivity index (χ1v) is 5.04. The van der Waals surface area contributed by atoms with Crippen molar-refractivity contribution in [2.75, 3.05) is 6.54 Å². The molecule has 0 aromatic carbocycles. The minimum absolute atomic E-state index is 0.0670. The first-order chi connectivity index (χ1) is 6.63. The molecule has 0 radical (unpaired) electrons. The van der Waals surface area contributed by atoms with Gasteiger partial charge in [-0.15, -0.1) is 0 Å². The van der Waals surface area contributed by atoms with E-state index >= 15 is 0 Å². The summed E-state index contributed by atoms with van der Waals surface area (Å²) in [5.74, 6) is -0.218. The number of nitrogens with two attached hydrogens (primary N) is 3. The second kappa shape index (κ2) is 5.29. The Bertz CT molecular complexity index is 198. The Morgan fingerprint density at radius 1 is 1.36 bits per heavy atom. The van der Waals surface area contributed by atoms with Crippen LogP contribution in [-0.2, 0) is 9.53 Å². The first kappa shape index (κ1) is 11.4. The molecule has 5 nitrogen and oxygen atoms in total. The average molecular weight is 201 g/mol. The van der Waals surface area contributed by atoms with E-state index < -0.39 is 0 Å². The molecule has 0 heterocycles. The number of ether oxygens (including phenoxy) is 1. The predicted octanol–water partition coefficient (Wildman–Crippen LogP) is -0.914. The van der Waals surface area contributed by atoms with Crippen molar-refractivity contribution in [3.63, 3.8) is 0 Å². The molecule has 0 aliphatic heterocycles. The van der Waals surface area contributed by atoms with E-state index in [1.807, 2.05) is 0 Å². The molecule has 1 aliphatic carbocycles. The van der Waals surface area contributed by atoms with Crippen molar-refractivity contribution in [3.05, 3.63) is 0 Å². The highest BCUT2D eigenvalue weighted by Crippen LogP contribution is 2.20. The fourth-order valence-corrected chi connectivity index (χ4v) is 1.68. The summed E-state index contributed by atoms with van der Waals surface area (Å²) in [6, 6.07) is -0.0378. The largest absolute Gasteiger partial charge is 0.461 e. The van der Waals surface area contributed by atoms with Crippen LogP contribution in [0.1, 0.15) is 25.7 Å². The lowest BCUT2D eigenvalue weighted by molar-refractivity contribution is -0.149. The van der Waals surface area contributed by atoms with Gasteiger partial charge in [0.15, 0.2) is 0 Å². The quantitative estimate of drug-likeness (QED) is 0.510. The molecule has 1 saturated carbocycles. The zero-order valence-electron chi connectivity index (χ0n) is 8.32. The van der Waals surface area contributed by atoms with Crippen LogP contribution >= 0.6 is 0 Å². The van der Waals surface area contributed by atoms with E-state index in [-0.39, 0.29) is 24.2 Å². The Kier molecular flexibility index (Phi) is 4.31. The van der Waals surface area contributed by atoms with Gasteiger partial charge >= 0.3 is 5.97 Å². The van der Waals surface area contributed by atoms with Crippen molar-refractivity contribution < 1.29 is 9.53 Å². The maximum atomic E-state index is 11.2. The van der Waals surface area contributed by atoms with Crippen molar-refractivity contribution in [2.45, 2.75) is 43.9 Å². The second-order valence-corrected chi connectivity index (χ2v) is 3.82. The van der Waals surface area contributed by atoms with Crippen LogP contribution in [0.2, 0.25) is 0 Å². The summed E-state index contributed by atoms with van der Waals surface area (Å²) in [4.78, 5) is 11.2. The maximum Gasteiger partial charge on any atom is 0.306 e. The SMILES string of the molecule is NCCCC(=O)O[C@H]1C[C@H](N)C[C@@H]1N. The third-order valence-electron chi connectivity index (χ3n) is 2.46. The van der Waals surface area contributed by atoms with Crippen molar-refractivity contribution >= 4 is 5.97 Å². The molecule has 0 amide bonds. The zero-order valence-corrected chi connectivity index (χ0v) is 8.32. The number of hydrogen-bond acceptors (Lipinski definition) is 5. The molecule has 6 N–H and O–H groups in total. The van der Waals surface area contributed by atoms with E-state index in [0.29, 0.717) is 25.8 Å². The maximum absolute atomic E-state index is 11.2. The van der Waals surface area contributed by atoms with Gasteiger partial charge < -0.3 is 21.9 Å². The number of carbonyl (C=O) groups is 1. The molecule has 82 valence electrons. The molecule has 0 aromatic heterocycles. The highest BCUT2D eigenvalue weighted by Gasteiger charge is 2.32. The van der Waals surface area contributed by atoms with E-state index in [1.165, 1.54) is 0 Å². The topological polar surface area (TPSA) is 104 Å². The summed E-state index contributed by atoms with van der Waals surface area (Å²) in [5, 5.41) is 0. The number of carbonyl (C=O) groups excluding carboxylic acids is 1. The summed E-state index contributed by atoms with van der Waals surface area (Å²) in [7, 11) is 0. The lowest BCUT2D eigenvalue weighted by Gasteiger charge is -2.15. The van der Waals surface area contributed by atoms with Gasteiger partial charge in [-0.2, -0.15) is 0 Å². The van der Waals surface area contributed by atoms with Crippen LogP contribution in [0.5, 0.6) is 0 Å². The van der Waals surface area contributed by atoms with Crippen LogP contribution in [0.15, 0.2) is 0 Å². The Balaban J connectivity index is 2.26. The molecule has 0 spiro atoms. The third-order valence-corrected chi connectivity index (χ3v) is 2.46. The van der Waals surface area contributed by atoms with Crippen molar-refractivity contribution in [1.29, 1.82) is 0 Å². The van der Waals surface area contributed by atoms with Crippen LogP contribution in [-0.4, -0.2) is 30.7 Å². The Morgan fingerprint density at radius 2 is 2.07 bits per heavy atom. The molecular weight excluding hydrogens is 182 g/mol. The highest BCUT2D eigenvalue weighted by molar-refractivity contribution is 5.69. The van der Waals surface area contributed by atoms with Crippen LogP contribution in [0.4, 0.5) is 0 Å². The van der Waals surface area contributed by atoms with Gasteiger partial charge in [0.25, 0.3) is 0 Å². The molecular formula is C9H19N3O2. The number of hydrogen-bond donors (Lipinski definition) is 3. The molecule has 0 aromatic rings. The van der Waals surface area contributed by atoms with Gasteiger partial charge in [0.05, 0.1) is 0 Å². The zero-order chi connectivity index (χ0) is 10.6. The molecule has 5 heteroatoms. The van der Waals surface area contributed by atoms with E-state index in [2.05, 4.69) is 0 Å². The van der Waals surface area contributed by atoms with Crippen LogP contribution in [0, 0.1) is 0 Å². The van der Waals surface area contributed by atoms with Crippen molar-refractivity contribution in [2.24, 2.45) is 17.2 Å². The summed E-state index contributed by atoms with van der Waals surface area (Å²) < 4.78 is 5.20.